The van der Waals surface area contributed by atoms with Gasteiger partial charge in [0.1, 0.15) is 0 Å². The summed E-state index contributed by atoms with van der Waals surface area (Å²) in [4.78, 5) is 0. The average molecular weight is 274 g/mol. The minimum Gasteiger partial charge on any atom is -0.396 e. The van der Waals surface area contributed by atoms with E-state index in [9.17, 15) is 0 Å². The smallest absolute Gasteiger partial charge is 0.0468 e. The Bertz CT molecular complexity index is 409. The van der Waals surface area contributed by atoms with Crippen molar-refractivity contribution in [1.82, 2.24) is 5.32 Å². The number of hydrogen-bond donors (Lipinski definition) is 2. The van der Waals surface area contributed by atoms with Crippen LogP contribution < -0.4 is 5.32 Å². The molecule has 2 atom stereocenters. The zero-order valence-corrected chi connectivity index (χ0v) is 11.4. The van der Waals surface area contributed by atoms with Crippen LogP contribution in [0.3, 0.4) is 0 Å². The molecule has 0 fully saturated rings. The quantitative estimate of drug-likeness (QED) is 0.883. The highest BCUT2D eigenvalue weighted by Crippen LogP contribution is 2.37. The zero-order valence-electron chi connectivity index (χ0n) is 9.84. The van der Waals surface area contributed by atoms with Gasteiger partial charge in [0.2, 0.25) is 0 Å². The normalized spacial score (nSPS) is 20.4. The molecule has 0 aliphatic heterocycles. The second kappa shape index (κ2) is 5.57. The van der Waals surface area contributed by atoms with Crippen molar-refractivity contribution >= 4 is 23.2 Å². The second-order valence-corrected chi connectivity index (χ2v) is 5.59. The lowest BCUT2D eigenvalue weighted by Crippen LogP contribution is -2.26. The van der Waals surface area contributed by atoms with E-state index in [4.69, 9.17) is 28.3 Å². The number of nitrogens with one attached hydrogen (secondary N) is 1. The van der Waals surface area contributed by atoms with E-state index in [1.54, 1.807) is 6.07 Å². The molecule has 0 amide bonds. The molecule has 0 saturated carbocycles. The summed E-state index contributed by atoms with van der Waals surface area (Å²) in [6.07, 6.45) is 2.05. The molecule has 1 aromatic rings. The highest BCUT2D eigenvalue weighted by molar-refractivity contribution is 6.35. The molecule has 2 N–H and O–H groups in total. The number of aliphatic hydroxyl groups is 1. The van der Waals surface area contributed by atoms with Crippen molar-refractivity contribution in [1.29, 1.82) is 0 Å². The predicted octanol–water partition coefficient (Wildman–Crippen LogP) is 3.20. The fourth-order valence-corrected chi connectivity index (χ4v) is 2.87. The van der Waals surface area contributed by atoms with Crippen molar-refractivity contribution in [2.75, 3.05) is 13.2 Å². The molecule has 2 unspecified atom stereocenters. The summed E-state index contributed by atoms with van der Waals surface area (Å²) in [7, 11) is 0. The van der Waals surface area contributed by atoms with Crippen LogP contribution in [0, 0.1) is 5.92 Å². The molecule has 2 nitrogen and oxygen atoms in total. The van der Waals surface area contributed by atoms with Gasteiger partial charge in [-0.25, -0.2) is 0 Å². The number of rotatable bonds is 4. The number of benzene rings is 1. The van der Waals surface area contributed by atoms with Gasteiger partial charge >= 0.3 is 0 Å². The fourth-order valence-electron chi connectivity index (χ4n) is 2.26. The molecule has 2 rings (SSSR count). The molecule has 1 aliphatic carbocycles. The third kappa shape index (κ3) is 2.94. The lowest BCUT2D eigenvalue weighted by atomic mass is 10.1. The summed E-state index contributed by atoms with van der Waals surface area (Å²) in [5.41, 5.74) is 2.43. The Balaban J connectivity index is 2.11. The van der Waals surface area contributed by atoms with Gasteiger partial charge in [0.05, 0.1) is 0 Å². The molecule has 0 aromatic heterocycles. The Morgan fingerprint density at radius 2 is 2.24 bits per heavy atom. The summed E-state index contributed by atoms with van der Waals surface area (Å²) >= 11 is 12.2. The molecule has 0 saturated heterocycles. The number of halogens is 2. The molecule has 0 heterocycles. The molecule has 94 valence electrons. The van der Waals surface area contributed by atoms with E-state index in [-0.39, 0.29) is 12.5 Å². The van der Waals surface area contributed by atoms with Gasteiger partial charge in [-0.1, -0.05) is 30.1 Å². The minimum absolute atomic E-state index is 0.211. The van der Waals surface area contributed by atoms with Crippen LogP contribution in [0.2, 0.25) is 10.0 Å². The van der Waals surface area contributed by atoms with Crippen molar-refractivity contribution in [3.8, 4) is 0 Å². The molecule has 4 heteroatoms. The van der Waals surface area contributed by atoms with Crippen LogP contribution in [-0.4, -0.2) is 18.3 Å². The van der Waals surface area contributed by atoms with E-state index in [0.717, 1.165) is 24.4 Å². The standard InChI is InChI=1S/C13H17Cl2NO/c1-8(7-17)6-16-13-3-2-10-11(13)4-9(14)5-12(10)15/h4-5,8,13,16-17H,2-3,6-7H2,1H3. The van der Waals surface area contributed by atoms with Gasteiger partial charge < -0.3 is 10.4 Å². The SMILES string of the molecule is CC(CO)CNC1CCc2c(Cl)cc(Cl)cc21. The van der Waals surface area contributed by atoms with Gasteiger partial charge in [0, 0.05) is 29.2 Å². The van der Waals surface area contributed by atoms with Crippen molar-refractivity contribution in [2.45, 2.75) is 25.8 Å². The topological polar surface area (TPSA) is 32.3 Å². The maximum absolute atomic E-state index is 9.01. The molecule has 1 aliphatic rings. The van der Waals surface area contributed by atoms with E-state index >= 15 is 0 Å². The molecule has 17 heavy (non-hydrogen) atoms. The maximum Gasteiger partial charge on any atom is 0.0468 e. The Labute approximate surface area is 112 Å². The zero-order chi connectivity index (χ0) is 12.4. The summed E-state index contributed by atoms with van der Waals surface area (Å²) in [5.74, 6) is 0.272. The first-order valence-electron chi connectivity index (χ1n) is 5.94. The predicted molar refractivity (Wildman–Crippen MR) is 71.8 cm³/mol. The molecular formula is C13H17Cl2NO. The van der Waals surface area contributed by atoms with E-state index in [1.165, 1.54) is 11.1 Å². The van der Waals surface area contributed by atoms with Crippen LogP contribution in [0.5, 0.6) is 0 Å². The second-order valence-electron chi connectivity index (χ2n) is 4.74. The fraction of sp³-hybridized carbons (Fsp3) is 0.538. The maximum atomic E-state index is 9.01. The number of hydrogen-bond acceptors (Lipinski definition) is 2. The third-order valence-corrected chi connectivity index (χ3v) is 3.83. The number of aliphatic hydroxyl groups excluding tert-OH is 1. The van der Waals surface area contributed by atoms with Crippen LogP contribution in [0.25, 0.3) is 0 Å². The largest absolute Gasteiger partial charge is 0.396 e. The Kier molecular flexibility index (Phi) is 4.31. The van der Waals surface area contributed by atoms with Gasteiger partial charge in [-0.3, -0.25) is 0 Å². The third-order valence-electron chi connectivity index (χ3n) is 3.28. The summed E-state index contributed by atoms with van der Waals surface area (Å²) in [6, 6.07) is 4.12. The Morgan fingerprint density at radius 3 is 2.94 bits per heavy atom. The van der Waals surface area contributed by atoms with E-state index < -0.39 is 0 Å². The van der Waals surface area contributed by atoms with Crippen molar-refractivity contribution in [2.24, 2.45) is 5.92 Å². The monoisotopic (exact) mass is 273 g/mol. The Hall–Kier alpha value is -0.280. The average Bonchev–Trinajstić information content (AvgIpc) is 2.69. The highest BCUT2D eigenvalue weighted by Gasteiger charge is 2.24. The van der Waals surface area contributed by atoms with Crippen molar-refractivity contribution < 1.29 is 5.11 Å². The van der Waals surface area contributed by atoms with Gasteiger partial charge in [-0.05, 0) is 42.0 Å². The molecule has 0 spiro atoms. The van der Waals surface area contributed by atoms with Gasteiger partial charge in [-0.2, -0.15) is 0 Å². The first-order chi connectivity index (χ1) is 8.11. The van der Waals surface area contributed by atoms with E-state index in [1.807, 2.05) is 13.0 Å². The molecule has 0 radical (unpaired) electrons. The summed E-state index contributed by atoms with van der Waals surface area (Å²) in [5, 5.41) is 13.9. The van der Waals surface area contributed by atoms with Crippen LogP contribution in [0.15, 0.2) is 12.1 Å². The van der Waals surface area contributed by atoms with Gasteiger partial charge in [0.15, 0.2) is 0 Å². The molecule has 0 bridgehead atoms. The lowest BCUT2D eigenvalue weighted by Gasteiger charge is -2.17. The summed E-state index contributed by atoms with van der Waals surface area (Å²) < 4.78 is 0. The minimum atomic E-state index is 0.211. The number of fused-ring (bicyclic) bond motifs is 1. The molecular weight excluding hydrogens is 257 g/mol. The molecule has 1 aromatic carbocycles. The Morgan fingerprint density at radius 1 is 1.47 bits per heavy atom. The van der Waals surface area contributed by atoms with Crippen LogP contribution in [-0.2, 0) is 6.42 Å². The van der Waals surface area contributed by atoms with E-state index in [0.29, 0.717) is 11.1 Å². The van der Waals surface area contributed by atoms with Gasteiger partial charge in [0.25, 0.3) is 0 Å². The van der Waals surface area contributed by atoms with Crippen LogP contribution >= 0.6 is 23.2 Å². The lowest BCUT2D eigenvalue weighted by molar-refractivity contribution is 0.230. The van der Waals surface area contributed by atoms with Crippen LogP contribution in [0.4, 0.5) is 0 Å². The van der Waals surface area contributed by atoms with Crippen molar-refractivity contribution in [3.63, 3.8) is 0 Å². The first kappa shape index (κ1) is 13.2. The van der Waals surface area contributed by atoms with E-state index in [2.05, 4.69) is 5.32 Å². The highest BCUT2D eigenvalue weighted by atomic mass is 35.5. The van der Waals surface area contributed by atoms with Gasteiger partial charge in [-0.15, -0.1) is 0 Å². The van der Waals surface area contributed by atoms with Crippen LogP contribution in [0.1, 0.15) is 30.5 Å². The summed E-state index contributed by atoms with van der Waals surface area (Å²) in [6.45, 7) is 3.04. The van der Waals surface area contributed by atoms with Crippen molar-refractivity contribution in [3.05, 3.63) is 33.3 Å². The first-order valence-corrected chi connectivity index (χ1v) is 6.69.